The van der Waals surface area contributed by atoms with Gasteiger partial charge in [0.05, 0.1) is 0 Å². The summed E-state index contributed by atoms with van der Waals surface area (Å²) in [6.45, 7) is 7.88. The molecule has 0 atom stereocenters. The number of carbonyl (C=O) groups is 1. The lowest BCUT2D eigenvalue weighted by molar-refractivity contribution is 0.162. The maximum absolute atomic E-state index is 12.2. The zero-order valence-electron chi connectivity index (χ0n) is 12.0. The standard InChI is InChI=1S/C14H28N2O2/c1-14(2,3)11-16(9-6-10-17)13(18)15-12-7-4-5-8-12/h12,17H,4-11H2,1-3H3,(H,15,18). The summed E-state index contributed by atoms with van der Waals surface area (Å²) in [6, 6.07) is 0.388. The highest BCUT2D eigenvalue weighted by molar-refractivity contribution is 5.74. The maximum atomic E-state index is 12.2. The molecule has 1 rings (SSSR count). The minimum Gasteiger partial charge on any atom is -0.396 e. The lowest BCUT2D eigenvalue weighted by atomic mass is 9.96. The van der Waals surface area contributed by atoms with Crippen molar-refractivity contribution in [2.45, 2.75) is 58.9 Å². The molecular formula is C14H28N2O2. The van der Waals surface area contributed by atoms with Gasteiger partial charge in [-0.05, 0) is 24.7 Å². The van der Waals surface area contributed by atoms with Crippen LogP contribution in [0.1, 0.15) is 52.9 Å². The second-order valence-corrected chi connectivity index (χ2v) is 6.49. The van der Waals surface area contributed by atoms with E-state index in [0.29, 0.717) is 19.0 Å². The monoisotopic (exact) mass is 256 g/mol. The second kappa shape index (κ2) is 6.98. The van der Waals surface area contributed by atoms with Gasteiger partial charge in [0, 0.05) is 25.7 Å². The van der Waals surface area contributed by atoms with Crippen molar-refractivity contribution in [1.82, 2.24) is 10.2 Å². The predicted molar refractivity (Wildman–Crippen MR) is 73.5 cm³/mol. The van der Waals surface area contributed by atoms with Crippen LogP contribution < -0.4 is 5.32 Å². The molecular weight excluding hydrogens is 228 g/mol. The van der Waals surface area contributed by atoms with E-state index in [1.807, 2.05) is 4.90 Å². The van der Waals surface area contributed by atoms with E-state index >= 15 is 0 Å². The molecule has 0 bridgehead atoms. The van der Waals surface area contributed by atoms with E-state index in [4.69, 9.17) is 5.11 Å². The van der Waals surface area contributed by atoms with Gasteiger partial charge in [0.2, 0.25) is 0 Å². The van der Waals surface area contributed by atoms with E-state index < -0.39 is 0 Å². The Hall–Kier alpha value is -0.770. The molecule has 0 unspecified atom stereocenters. The number of hydrogen-bond acceptors (Lipinski definition) is 2. The summed E-state index contributed by atoms with van der Waals surface area (Å²) in [7, 11) is 0. The summed E-state index contributed by atoms with van der Waals surface area (Å²) >= 11 is 0. The molecule has 0 heterocycles. The zero-order chi connectivity index (χ0) is 13.6. The van der Waals surface area contributed by atoms with Crippen molar-refractivity contribution in [3.63, 3.8) is 0 Å². The molecule has 0 aliphatic heterocycles. The normalized spacial score (nSPS) is 16.9. The number of rotatable bonds is 5. The molecule has 4 nitrogen and oxygen atoms in total. The molecule has 18 heavy (non-hydrogen) atoms. The summed E-state index contributed by atoms with van der Waals surface area (Å²) in [6.07, 6.45) is 5.31. The fraction of sp³-hybridized carbons (Fsp3) is 0.929. The van der Waals surface area contributed by atoms with E-state index in [1.165, 1.54) is 12.8 Å². The van der Waals surface area contributed by atoms with Crippen molar-refractivity contribution in [2.24, 2.45) is 5.41 Å². The van der Waals surface area contributed by atoms with E-state index in [0.717, 1.165) is 19.4 Å². The number of nitrogens with one attached hydrogen (secondary N) is 1. The number of aliphatic hydroxyl groups is 1. The summed E-state index contributed by atoms with van der Waals surface area (Å²) < 4.78 is 0. The van der Waals surface area contributed by atoms with Crippen LogP contribution in [-0.2, 0) is 0 Å². The van der Waals surface area contributed by atoms with Crippen LogP contribution in [-0.4, -0.2) is 41.8 Å². The van der Waals surface area contributed by atoms with Gasteiger partial charge >= 0.3 is 6.03 Å². The van der Waals surface area contributed by atoms with Gasteiger partial charge in [-0.1, -0.05) is 33.6 Å². The van der Waals surface area contributed by atoms with E-state index in [-0.39, 0.29) is 18.1 Å². The summed E-state index contributed by atoms with van der Waals surface area (Å²) in [5, 5.41) is 12.0. The molecule has 0 spiro atoms. The highest BCUT2D eigenvalue weighted by Gasteiger charge is 2.24. The minimum atomic E-state index is 0.0327. The quantitative estimate of drug-likeness (QED) is 0.793. The van der Waals surface area contributed by atoms with Crippen molar-refractivity contribution in [3.05, 3.63) is 0 Å². The third-order valence-corrected chi connectivity index (χ3v) is 3.22. The van der Waals surface area contributed by atoms with Gasteiger partial charge < -0.3 is 15.3 Å². The van der Waals surface area contributed by atoms with Crippen molar-refractivity contribution in [1.29, 1.82) is 0 Å². The zero-order valence-corrected chi connectivity index (χ0v) is 12.0. The van der Waals surface area contributed by atoms with Crippen molar-refractivity contribution in [2.75, 3.05) is 19.7 Å². The first-order valence-electron chi connectivity index (χ1n) is 7.09. The average Bonchev–Trinajstić information content (AvgIpc) is 2.75. The number of nitrogens with zero attached hydrogens (tertiary/aromatic N) is 1. The average molecular weight is 256 g/mol. The molecule has 2 amide bonds. The molecule has 0 radical (unpaired) electrons. The van der Waals surface area contributed by atoms with Gasteiger partial charge in [-0.2, -0.15) is 0 Å². The molecule has 1 aliphatic rings. The molecule has 0 aromatic rings. The van der Waals surface area contributed by atoms with Gasteiger partial charge in [0.25, 0.3) is 0 Å². The third-order valence-electron chi connectivity index (χ3n) is 3.22. The molecule has 0 saturated heterocycles. The summed E-state index contributed by atoms with van der Waals surface area (Å²) in [5.74, 6) is 0. The van der Waals surface area contributed by atoms with E-state index in [9.17, 15) is 4.79 Å². The Labute approximate surface area is 111 Å². The molecule has 1 fully saturated rings. The van der Waals surface area contributed by atoms with Gasteiger partial charge in [-0.3, -0.25) is 0 Å². The summed E-state index contributed by atoms with van der Waals surface area (Å²) in [4.78, 5) is 14.1. The molecule has 2 N–H and O–H groups in total. The second-order valence-electron chi connectivity index (χ2n) is 6.49. The maximum Gasteiger partial charge on any atom is 0.317 e. The van der Waals surface area contributed by atoms with Crippen LogP contribution in [0.25, 0.3) is 0 Å². The minimum absolute atomic E-state index is 0.0327. The van der Waals surface area contributed by atoms with Crippen LogP contribution in [0.5, 0.6) is 0 Å². The first kappa shape index (κ1) is 15.3. The Balaban J connectivity index is 2.48. The summed E-state index contributed by atoms with van der Waals surface area (Å²) in [5.41, 5.74) is 0.0858. The molecule has 0 aromatic heterocycles. The Morgan fingerprint density at radius 2 is 1.94 bits per heavy atom. The molecule has 1 aliphatic carbocycles. The lowest BCUT2D eigenvalue weighted by Gasteiger charge is -2.31. The third kappa shape index (κ3) is 5.71. The van der Waals surface area contributed by atoms with Crippen LogP contribution in [0.2, 0.25) is 0 Å². The largest absolute Gasteiger partial charge is 0.396 e. The van der Waals surface area contributed by atoms with E-state index in [2.05, 4.69) is 26.1 Å². The Morgan fingerprint density at radius 3 is 2.44 bits per heavy atom. The van der Waals surface area contributed by atoms with Gasteiger partial charge in [-0.15, -0.1) is 0 Å². The fourth-order valence-corrected chi connectivity index (χ4v) is 2.42. The first-order valence-corrected chi connectivity index (χ1v) is 7.09. The highest BCUT2D eigenvalue weighted by atomic mass is 16.3. The van der Waals surface area contributed by atoms with Crippen molar-refractivity contribution < 1.29 is 9.90 Å². The van der Waals surface area contributed by atoms with Gasteiger partial charge in [-0.25, -0.2) is 4.79 Å². The highest BCUT2D eigenvalue weighted by Crippen LogP contribution is 2.19. The van der Waals surface area contributed by atoms with Crippen LogP contribution in [0, 0.1) is 5.41 Å². The topological polar surface area (TPSA) is 52.6 Å². The first-order chi connectivity index (χ1) is 8.42. The number of carbonyl (C=O) groups excluding carboxylic acids is 1. The smallest absolute Gasteiger partial charge is 0.317 e. The Bertz CT molecular complexity index is 255. The molecule has 106 valence electrons. The fourth-order valence-electron chi connectivity index (χ4n) is 2.42. The van der Waals surface area contributed by atoms with Crippen molar-refractivity contribution >= 4 is 6.03 Å². The van der Waals surface area contributed by atoms with Crippen LogP contribution in [0.15, 0.2) is 0 Å². The predicted octanol–water partition coefficient (Wildman–Crippen LogP) is 2.37. The van der Waals surface area contributed by atoms with E-state index in [1.54, 1.807) is 0 Å². The number of aliphatic hydroxyl groups excluding tert-OH is 1. The number of urea groups is 1. The van der Waals surface area contributed by atoms with Gasteiger partial charge in [0.15, 0.2) is 0 Å². The number of hydrogen-bond donors (Lipinski definition) is 2. The molecule has 4 heteroatoms. The van der Waals surface area contributed by atoms with Crippen LogP contribution in [0.3, 0.4) is 0 Å². The lowest BCUT2D eigenvalue weighted by Crippen LogP contribution is -2.47. The molecule has 1 saturated carbocycles. The number of amides is 2. The Morgan fingerprint density at radius 1 is 1.33 bits per heavy atom. The SMILES string of the molecule is CC(C)(C)CN(CCCO)C(=O)NC1CCCC1. The van der Waals surface area contributed by atoms with Crippen LogP contribution >= 0.6 is 0 Å². The Kier molecular flexibility index (Phi) is 5.93. The van der Waals surface area contributed by atoms with Gasteiger partial charge in [0.1, 0.15) is 0 Å². The van der Waals surface area contributed by atoms with Crippen LogP contribution in [0.4, 0.5) is 4.79 Å². The van der Waals surface area contributed by atoms with Crippen molar-refractivity contribution in [3.8, 4) is 0 Å². The molecule has 0 aromatic carbocycles.